The van der Waals surface area contributed by atoms with Crippen molar-refractivity contribution in [3.8, 4) is 0 Å². The van der Waals surface area contributed by atoms with Crippen LogP contribution >= 0.6 is 0 Å². The fourth-order valence-electron chi connectivity index (χ4n) is 2.19. The zero-order valence-electron chi connectivity index (χ0n) is 12.9. The Kier molecular flexibility index (Phi) is 6.35. The second-order valence-electron chi connectivity index (χ2n) is 5.05. The summed E-state index contributed by atoms with van der Waals surface area (Å²) < 4.78 is 7.47. The van der Waals surface area contributed by atoms with E-state index in [-0.39, 0.29) is 24.0 Å². The summed E-state index contributed by atoms with van der Waals surface area (Å²) in [5.41, 5.74) is 3.35. The third-order valence-electron chi connectivity index (χ3n) is 3.38. The molecule has 0 radical (unpaired) electrons. The summed E-state index contributed by atoms with van der Waals surface area (Å²) in [5, 5.41) is 0. The number of aryl methyl sites for hydroxylation is 1. The summed E-state index contributed by atoms with van der Waals surface area (Å²) in [6.45, 7) is 0. The molecular formula is C20H18INO. The van der Waals surface area contributed by atoms with Crippen LogP contribution in [0.1, 0.15) is 22.6 Å². The molecule has 0 atom stereocenters. The first-order valence-corrected chi connectivity index (χ1v) is 7.28. The van der Waals surface area contributed by atoms with E-state index in [1.165, 1.54) is 5.56 Å². The molecule has 0 unspecified atom stereocenters. The van der Waals surface area contributed by atoms with Crippen molar-refractivity contribution in [2.24, 2.45) is 7.05 Å². The average molecular weight is 415 g/mol. The van der Waals surface area contributed by atoms with Gasteiger partial charge < -0.3 is 24.0 Å². The second kappa shape index (κ2) is 8.48. The Morgan fingerprint density at radius 1 is 0.739 bits per heavy atom. The molecule has 1 heterocycles. The van der Waals surface area contributed by atoms with Gasteiger partial charge in [0.15, 0.2) is 7.05 Å². The van der Waals surface area contributed by atoms with E-state index in [4.69, 9.17) is 4.52 Å². The fourth-order valence-corrected chi connectivity index (χ4v) is 2.19. The van der Waals surface area contributed by atoms with Gasteiger partial charge in [0.1, 0.15) is 0 Å². The van der Waals surface area contributed by atoms with Crippen LogP contribution < -0.4 is 28.7 Å². The molecule has 0 saturated heterocycles. The molecule has 2 aromatic carbocycles. The number of aromatic nitrogens is 1. The molecule has 3 rings (SSSR count). The Balaban J connectivity index is 0.00000192. The monoisotopic (exact) mass is 415 g/mol. The van der Waals surface area contributed by atoms with Crippen LogP contribution in [-0.4, -0.2) is 0 Å². The predicted molar refractivity (Wildman–Crippen MR) is 90.6 cm³/mol. The lowest BCUT2D eigenvalue weighted by molar-refractivity contribution is -0.846. The molecule has 0 bridgehead atoms. The molecule has 0 saturated carbocycles. The van der Waals surface area contributed by atoms with E-state index in [1.54, 1.807) is 4.74 Å². The molecule has 0 N–H and O–H groups in total. The van der Waals surface area contributed by atoms with Crippen LogP contribution in [0.2, 0.25) is 0 Å². The molecule has 3 aromatic rings. The summed E-state index contributed by atoms with van der Waals surface area (Å²) in [7, 11) is 1.91. The molecule has 3 heteroatoms. The number of rotatable bonds is 4. The van der Waals surface area contributed by atoms with E-state index in [9.17, 15) is 0 Å². The smallest absolute Gasteiger partial charge is 0.254 e. The highest BCUT2D eigenvalue weighted by Gasteiger charge is 2.10. The van der Waals surface area contributed by atoms with Crippen molar-refractivity contribution < 1.29 is 33.2 Å². The Bertz CT molecular complexity index is 789. The lowest BCUT2D eigenvalue weighted by Gasteiger charge is -1.88. The first-order valence-electron chi connectivity index (χ1n) is 7.28. The standard InChI is InChI=1S/C20H18NO.HI/c1-21-19(14-12-17-8-4-2-5-9-17)16-20(22-21)15-13-18-10-6-3-7-11-18;/h2-16H,1H3;1H/q+1;/p-1. The van der Waals surface area contributed by atoms with Crippen molar-refractivity contribution in [3.63, 3.8) is 0 Å². The molecule has 23 heavy (non-hydrogen) atoms. The molecule has 0 aliphatic heterocycles. The minimum atomic E-state index is 0. The van der Waals surface area contributed by atoms with Crippen LogP contribution in [0.3, 0.4) is 0 Å². The van der Waals surface area contributed by atoms with Gasteiger partial charge in [-0.1, -0.05) is 66.7 Å². The topological polar surface area (TPSA) is 17.0 Å². The van der Waals surface area contributed by atoms with Crippen LogP contribution in [0.4, 0.5) is 0 Å². The molecule has 0 aliphatic carbocycles. The third kappa shape index (κ3) is 4.93. The summed E-state index contributed by atoms with van der Waals surface area (Å²) >= 11 is 0. The Hall–Kier alpha value is -2.14. The fraction of sp³-hybridized carbons (Fsp3) is 0.0500. The second-order valence-corrected chi connectivity index (χ2v) is 5.05. The lowest BCUT2D eigenvalue weighted by Crippen LogP contribution is -3.00. The molecule has 116 valence electrons. The van der Waals surface area contributed by atoms with Crippen LogP contribution in [-0.2, 0) is 7.05 Å². The first-order chi connectivity index (χ1) is 10.8. The summed E-state index contributed by atoms with van der Waals surface area (Å²) in [6.07, 6.45) is 8.16. The van der Waals surface area contributed by atoms with Crippen LogP contribution in [0, 0.1) is 0 Å². The largest absolute Gasteiger partial charge is 1.00 e. The van der Waals surface area contributed by atoms with Crippen molar-refractivity contribution in [3.05, 3.63) is 89.3 Å². The Morgan fingerprint density at radius 3 is 1.83 bits per heavy atom. The third-order valence-corrected chi connectivity index (χ3v) is 3.38. The molecule has 0 aliphatic rings. The van der Waals surface area contributed by atoms with E-state index in [0.29, 0.717) is 0 Å². The highest BCUT2D eigenvalue weighted by atomic mass is 127. The maximum absolute atomic E-state index is 5.70. The van der Waals surface area contributed by atoms with E-state index >= 15 is 0 Å². The van der Waals surface area contributed by atoms with Gasteiger partial charge in [-0.2, -0.15) is 0 Å². The lowest BCUT2D eigenvalue weighted by atomic mass is 10.2. The van der Waals surface area contributed by atoms with Crippen molar-refractivity contribution in [2.45, 2.75) is 0 Å². The highest BCUT2D eigenvalue weighted by molar-refractivity contribution is 5.70. The van der Waals surface area contributed by atoms with Gasteiger partial charge in [0.25, 0.3) is 5.69 Å². The van der Waals surface area contributed by atoms with Crippen LogP contribution in [0.5, 0.6) is 0 Å². The maximum Gasteiger partial charge on any atom is 0.254 e. The number of halogens is 1. The van der Waals surface area contributed by atoms with Crippen molar-refractivity contribution >= 4 is 24.3 Å². The van der Waals surface area contributed by atoms with Gasteiger partial charge in [-0.3, -0.25) is 0 Å². The molecular weight excluding hydrogens is 397 g/mol. The minimum Gasteiger partial charge on any atom is -1.00 e. The van der Waals surface area contributed by atoms with Gasteiger partial charge in [0, 0.05) is 6.08 Å². The van der Waals surface area contributed by atoms with Crippen molar-refractivity contribution in [1.29, 1.82) is 0 Å². The van der Waals surface area contributed by atoms with E-state index < -0.39 is 0 Å². The molecule has 2 nitrogen and oxygen atoms in total. The zero-order valence-corrected chi connectivity index (χ0v) is 15.1. The van der Waals surface area contributed by atoms with E-state index in [1.807, 2.05) is 61.7 Å². The van der Waals surface area contributed by atoms with Crippen LogP contribution in [0.25, 0.3) is 24.3 Å². The normalized spacial score (nSPS) is 11.0. The molecule has 0 spiro atoms. The van der Waals surface area contributed by atoms with Gasteiger partial charge in [0.05, 0.1) is 6.07 Å². The maximum atomic E-state index is 5.70. The van der Waals surface area contributed by atoms with E-state index in [0.717, 1.165) is 17.0 Å². The SMILES string of the molecule is C[n+]1oc(C=Cc2ccccc2)cc1C=Cc1ccccc1.[I-]. The van der Waals surface area contributed by atoms with Crippen molar-refractivity contribution in [2.75, 3.05) is 0 Å². The summed E-state index contributed by atoms with van der Waals surface area (Å²) in [6, 6.07) is 22.4. The van der Waals surface area contributed by atoms with Gasteiger partial charge >= 0.3 is 0 Å². The minimum absolute atomic E-state index is 0. The van der Waals surface area contributed by atoms with Crippen molar-refractivity contribution in [1.82, 2.24) is 0 Å². The first kappa shape index (κ1) is 17.2. The Morgan fingerprint density at radius 2 is 1.26 bits per heavy atom. The predicted octanol–water partition coefficient (Wildman–Crippen LogP) is 1.45. The average Bonchev–Trinajstić information content (AvgIpc) is 2.93. The number of nitrogens with zero attached hydrogens (tertiary/aromatic N) is 1. The number of benzene rings is 2. The highest BCUT2D eigenvalue weighted by Crippen LogP contribution is 2.11. The van der Waals surface area contributed by atoms with Gasteiger partial charge in [-0.15, -0.1) is 0 Å². The zero-order chi connectivity index (χ0) is 15.2. The summed E-state index contributed by atoms with van der Waals surface area (Å²) in [5.74, 6) is 0.832. The summed E-state index contributed by atoms with van der Waals surface area (Å²) in [4.78, 5) is 0. The van der Waals surface area contributed by atoms with Crippen LogP contribution in [0.15, 0.2) is 71.3 Å². The number of hydrogen-bond acceptors (Lipinski definition) is 1. The molecule has 0 amide bonds. The molecule has 0 fully saturated rings. The van der Waals surface area contributed by atoms with Gasteiger partial charge in [-0.25, -0.2) is 4.52 Å². The van der Waals surface area contributed by atoms with E-state index in [2.05, 4.69) is 36.4 Å². The quantitative estimate of drug-likeness (QED) is 0.466. The molecule has 1 aromatic heterocycles. The number of hydrogen-bond donors (Lipinski definition) is 0. The van der Waals surface area contributed by atoms with Gasteiger partial charge in [-0.05, 0) is 28.0 Å². The van der Waals surface area contributed by atoms with Gasteiger partial charge in [0.2, 0.25) is 5.76 Å². The Labute approximate surface area is 153 Å².